The maximum absolute atomic E-state index is 12.4. The van der Waals surface area contributed by atoms with Gasteiger partial charge < -0.3 is 19.8 Å². The summed E-state index contributed by atoms with van der Waals surface area (Å²) in [7, 11) is 0. The van der Waals surface area contributed by atoms with E-state index >= 15 is 0 Å². The Hall–Kier alpha value is -2.90. The van der Waals surface area contributed by atoms with Crippen molar-refractivity contribution >= 4 is 22.6 Å². The Labute approximate surface area is 170 Å². The molecule has 4 rings (SSSR count). The first kappa shape index (κ1) is 19.4. The van der Waals surface area contributed by atoms with Crippen LogP contribution in [-0.2, 0) is 22.5 Å². The third-order valence-corrected chi connectivity index (χ3v) is 4.89. The average molecular weight is 394 g/mol. The Morgan fingerprint density at radius 1 is 1.21 bits per heavy atom. The summed E-state index contributed by atoms with van der Waals surface area (Å²) in [5.74, 6) is 1.69. The molecule has 152 valence electrons. The molecule has 1 aromatic heterocycles. The van der Waals surface area contributed by atoms with Crippen LogP contribution in [0.2, 0.25) is 0 Å². The lowest BCUT2D eigenvalue weighted by atomic mass is 10.1. The second kappa shape index (κ2) is 9.07. The minimum Gasteiger partial charge on any atom is -0.494 e. The molecule has 0 atom stereocenters. The zero-order valence-corrected chi connectivity index (χ0v) is 16.6. The zero-order chi connectivity index (χ0) is 20.1. The number of rotatable bonds is 7. The van der Waals surface area contributed by atoms with E-state index in [0.29, 0.717) is 13.0 Å². The van der Waals surface area contributed by atoms with Crippen LogP contribution in [0.25, 0.3) is 11.0 Å². The van der Waals surface area contributed by atoms with Gasteiger partial charge in [-0.25, -0.2) is 4.98 Å². The third-order valence-electron chi connectivity index (χ3n) is 4.89. The van der Waals surface area contributed by atoms with Crippen molar-refractivity contribution in [3.63, 3.8) is 0 Å². The monoisotopic (exact) mass is 394 g/mol. The van der Waals surface area contributed by atoms with Gasteiger partial charge >= 0.3 is 0 Å². The van der Waals surface area contributed by atoms with Crippen molar-refractivity contribution < 1.29 is 14.3 Å². The number of anilines is 1. The molecule has 1 aliphatic rings. The lowest BCUT2D eigenvalue weighted by molar-refractivity contribution is -0.115. The Kier molecular flexibility index (Phi) is 6.07. The number of fused-ring (bicyclic) bond motifs is 1. The fourth-order valence-electron chi connectivity index (χ4n) is 3.45. The Morgan fingerprint density at radius 3 is 2.76 bits per heavy atom. The summed E-state index contributed by atoms with van der Waals surface area (Å²) in [6.07, 6.45) is 0.315. The van der Waals surface area contributed by atoms with Crippen LogP contribution in [0.5, 0.6) is 5.75 Å². The molecule has 0 spiro atoms. The number of imidazole rings is 1. The summed E-state index contributed by atoms with van der Waals surface area (Å²) in [5.41, 5.74) is 3.53. The van der Waals surface area contributed by atoms with Crippen LogP contribution >= 0.6 is 0 Å². The zero-order valence-electron chi connectivity index (χ0n) is 16.6. The topological polar surface area (TPSA) is 79.5 Å². The van der Waals surface area contributed by atoms with E-state index < -0.39 is 0 Å². The molecule has 7 nitrogen and oxygen atoms in total. The molecule has 0 radical (unpaired) electrons. The van der Waals surface area contributed by atoms with Crippen LogP contribution in [-0.4, -0.2) is 53.7 Å². The number of carbonyl (C=O) groups is 1. The van der Waals surface area contributed by atoms with E-state index in [4.69, 9.17) is 9.47 Å². The minimum absolute atomic E-state index is 0.0541. The highest BCUT2D eigenvalue weighted by Crippen LogP contribution is 2.19. The number of benzene rings is 2. The lowest BCUT2D eigenvalue weighted by Crippen LogP contribution is -2.35. The van der Waals surface area contributed by atoms with Gasteiger partial charge in [-0.2, -0.15) is 0 Å². The van der Waals surface area contributed by atoms with Crippen molar-refractivity contribution in [2.24, 2.45) is 0 Å². The van der Waals surface area contributed by atoms with Crippen LogP contribution in [0.3, 0.4) is 0 Å². The van der Waals surface area contributed by atoms with Gasteiger partial charge in [0.05, 0.1) is 43.8 Å². The summed E-state index contributed by atoms with van der Waals surface area (Å²) in [4.78, 5) is 22.8. The van der Waals surface area contributed by atoms with Gasteiger partial charge in [-0.1, -0.05) is 12.1 Å². The normalized spacial score (nSPS) is 14.8. The fraction of sp³-hybridized carbons (Fsp3) is 0.364. The first-order valence-electron chi connectivity index (χ1n) is 10.00. The molecular weight excluding hydrogens is 368 g/mol. The molecule has 0 unspecified atom stereocenters. The quantitative estimate of drug-likeness (QED) is 0.644. The number of ether oxygens (including phenoxy) is 2. The third kappa shape index (κ3) is 5.13. The number of aromatic amines is 1. The molecule has 0 aliphatic carbocycles. The number of carbonyl (C=O) groups excluding carboxylic acids is 1. The smallest absolute Gasteiger partial charge is 0.228 e. The van der Waals surface area contributed by atoms with Crippen molar-refractivity contribution in [2.45, 2.75) is 19.9 Å². The van der Waals surface area contributed by atoms with Gasteiger partial charge in [0.25, 0.3) is 0 Å². The van der Waals surface area contributed by atoms with Gasteiger partial charge in [0, 0.05) is 18.8 Å². The van der Waals surface area contributed by atoms with Crippen molar-refractivity contribution in [3.05, 3.63) is 53.9 Å². The predicted molar refractivity (Wildman–Crippen MR) is 112 cm³/mol. The standard InChI is InChI=1S/C22H26N4O3/c1-2-29-18-6-3-16(4-7-18)13-22(27)23-17-5-8-19-20(14-17)25-21(24-19)15-26-9-11-28-12-10-26/h3-8,14H,2,9-13,15H2,1H3,(H,23,27)(H,24,25). The van der Waals surface area contributed by atoms with E-state index in [-0.39, 0.29) is 5.91 Å². The summed E-state index contributed by atoms with van der Waals surface area (Å²) >= 11 is 0. The van der Waals surface area contributed by atoms with E-state index in [2.05, 4.69) is 20.2 Å². The highest BCUT2D eigenvalue weighted by molar-refractivity contribution is 5.94. The molecule has 0 saturated carbocycles. The number of aromatic nitrogens is 2. The van der Waals surface area contributed by atoms with Crippen molar-refractivity contribution in [3.8, 4) is 5.75 Å². The van der Waals surface area contributed by atoms with Crippen LogP contribution in [0, 0.1) is 0 Å². The Balaban J connectivity index is 1.37. The van der Waals surface area contributed by atoms with Gasteiger partial charge in [-0.15, -0.1) is 0 Å². The summed E-state index contributed by atoms with van der Waals surface area (Å²) in [6.45, 7) is 6.73. The van der Waals surface area contributed by atoms with Crippen LogP contribution in [0.15, 0.2) is 42.5 Å². The number of nitrogens with zero attached hydrogens (tertiary/aromatic N) is 2. The number of morpholine rings is 1. The maximum atomic E-state index is 12.4. The molecule has 0 bridgehead atoms. The highest BCUT2D eigenvalue weighted by atomic mass is 16.5. The second-order valence-electron chi connectivity index (χ2n) is 7.11. The van der Waals surface area contributed by atoms with Gasteiger partial charge in [0.15, 0.2) is 0 Å². The van der Waals surface area contributed by atoms with Gasteiger partial charge in [0.2, 0.25) is 5.91 Å². The first-order valence-corrected chi connectivity index (χ1v) is 10.00. The number of H-pyrrole nitrogens is 1. The fourth-order valence-corrected chi connectivity index (χ4v) is 3.45. The lowest BCUT2D eigenvalue weighted by Gasteiger charge is -2.25. The minimum atomic E-state index is -0.0541. The Morgan fingerprint density at radius 2 is 2.00 bits per heavy atom. The van der Waals surface area contributed by atoms with Gasteiger partial charge in [-0.05, 0) is 42.8 Å². The van der Waals surface area contributed by atoms with Gasteiger partial charge in [0.1, 0.15) is 11.6 Å². The number of hydrogen-bond donors (Lipinski definition) is 2. The Bertz CT molecular complexity index is 962. The number of nitrogens with one attached hydrogen (secondary N) is 2. The van der Waals surface area contributed by atoms with Crippen molar-refractivity contribution in [1.82, 2.24) is 14.9 Å². The molecular formula is C22H26N4O3. The van der Waals surface area contributed by atoms with Crippen LogP contribution < -0.4 is 10.1 Å². The number of amides is 1. The summed E-state index contributed by atoms with van der Waals surface area (Å²) in [6, 6.07) is 13.4. The predicted octanol–water partition coefficient (Wildman–Crippen LogP) is 2.98. The molecule has 1 amide bonds. The first-order chi connectivity index (χ1) is 14.2. The molecule has 2 aromatic carbocycles. The van der Waals surface area contributed by atoms with Crippen molar-refractivity contribution in [1.29, 1.82) is 0 Å². The molecule has 3 aromatic rings. The van der Waals surface area contributed by atoms with Crippen LogP contribution in [0.4, 0.5) is 5.69 Å². The number of hydrogen-bond acceptors (Lipinski definition) is 5. The van der Waals surface area contributed by atoms with Crippen LogP contribution in [0.1, 0.15) is 18.3 Å². The van der Waals surface area contributed by atoms with E-state index in [1.54, 1.807) is 0 Å². The largest absolute Gasteiger partial charge is 0.494 e. The highest BCUT2D eigenvalue weighted by Gasteiger charge is 2.13. The maximum Gasteiger partial charge on any atom is 0.228 e. The van der Waals surface area contributed by atoms with E-state index in [9.17, 15) is 4.79 Å². The molecule has 7 heteroatoms. The molecule has 1 saturated heterocycles. The SMILES string of the molecule is CCOc1ccc(CC(=O)Nc2ccc3nc(CN4CCOCC4)[nH]c3c2)cc1. The van der Waals surface area contributed by atoms with Gasteiger partial charge in [-0.3, -0.25) is 9.69 Å². The molecule has 1 fully saturated rings. The molecule has 1 aliphatic heterocycles. The van der Waals surface area contributed by atoms with E-state index in [1.165, 1.54) is 0 Å². The molecule has 2 N–H and O–H groups in total. The molecule has 29 heavy (non-hydrogen) atoms. The summed E-state index contributed by atoms with van der Waals surface area (Å²) in [5, 5.41) is 2.97. The summed E-state index contributed by atoms with van der Waals surface area (Å²) < 4.78 is 10.8. The second-order valence-corrected chi connectivity index (χ2v) is 7.11. The average Bonchev–Trinajstić information content (AvgIpc) is 3.12. The van der Waals surface area contributed by atoms with E-state index in [1.807, 2.05) is 49.4 Å². The van der Waals surface area contributed by atoms with Crippen molar-refractivity contribution in [2.75, 3.05) is 38.2 Å². The van der Waals surface area contributed by atoms with E-state index in [0.717, 1.165) is 66.7 Å². The molecule has 2 heterocycles.